The third kappa shape index (κ3) is 5.78. The predicted molar refractivity (Wildman–Crippen MR) is 137 cm³/mol. The Kier molecular flexibility index (Phi) is 7.20. The monoisotopic (exact) mass is 473 g/mol. The minimum Gasteiger partial charge on any atom is -0.378 e. The number of anilines is 2. The van der Waals surface area contributed by atoms with Crippen molar-refractivity contribution in [2.75, 3.05) is 56.6 Å². The van der Waals surface area contributed by atoms with Crippen molar-refractivity contribution in [1.29, 1.82) is 0 Å². The van der Waals surface area contributed by atoms with Gasteiger partial charge in [-0.15, -0.1) is 0 Å². The zero-order valence-corrected chi connectivity index (χ0v) is 19.8. The highest BCUT2D eigenvalue weighted by Gasteiger charge is 2.24. The maximum Gasteiger partial charge on any atom is 0.254 e. The number of likely N-dealkylation sites (tertiary alicyclic amines) is 1. The molecule has 0 spiro atoms. The van der Waals surface area contributed by atoms with Gasteiger partial charge < -0.3 is 20.3 Å². The Labute approximate surface area is 205 Å². The highest BCUT2D eigenvalue weighted by Crippen LogP contribution is 2.24. The van der Waals surface area contributed by atoms with Gasteiger partial charge in [-0.1, -0.05) is 36.4 Å². The zero-order chi connectivity index (χ0) is 24.0. The maximum atomic E-state index is 13.3. The molecule has 0 bridgehead atoms. The summed E-state index contributed by atoms with van der Waals surface area (Å²) < 4.78 is 5.41. The van der Waals surface area contributed by atoms with Crippen molar-refractivity contribution in [3.8, 4) is 0 Å². The fourth-order valence-corrected chi connectivity index (χ4v) is 4.73. The van der Waals surface area contributed by atoms with Crippen molar-refractivity contribution in [2.24, 2.45) is 0 Å². The summed E-state index contributed by atoms with van der Waals surface area (Å²) in [7, 11) is 0. The van der Waals surface area contributed by atoms with E-state index < -0.39 is 0 Å². The van der Waals surface area contributed by atoms with Crippen molar-refractivity contribution < 1.29 is 14.3 Å². The van der Waals surface area contributed by atoms with Crippen molar-refractivity contribution in [2.45, 2.75) is 18.9 Å². The lowest BCUT2D eigenvalue weighted by molar-refractivity contribution is -0.117. The van der Waals surface area contributed by atoms with Gasteiger partial charge >= 0.3 is 0 Å². The fraction of sp³-hybridized carbons (Fsp3) is 0.370. The number of benzene rings is 2. The molecule has 2 amide bonds. The number of piperidine rings is 1. The van der Waals surface area contributed by atoms with Gasteiger partial charge in [0, 0.05) is 43.3 Å². The number of ether oxygens (including phenoxy) is 1. The number of fused-ring (bicyclic) bond motifs is 1. The number of rotatable bonds is 6. The molecule has 0 radical (unpaired) electrons. The van der Waals surface area contributed by atoms with Gasteiger partial charge in [0.05, 0.1) is 30.8 Å². The number of carbonyl (C=O) groups is 2. The molecule has 0 aliphatic carbocycles. The molecule has 2 N–H and O–H groups in total. The van der Waals surface area contributed by atoms with Crippen LogP contribution in [-0.4, -0.2) is 78.6 Å². The van der Waals surface area contributed by atoms with Crippen LogP contribution in [0.3, 0.4) is 0 Å². The second kappa shape index (κ2) is 10.8. The normalized spacial score (nSPS) is 17.3. The van der Waals surface area contributed by atoms with E-state index >= 15 is 0 Å². The molecular weight excluding hydrogens is 442 g/mol. The van der Waals surface area contributed by atoms with Gasteiger partial charge in [0.15, 0.2) is 0 Å². The minimum atomic E-state index is 0.00470. The van der Waals surface area contributed by atoms with E-state index in [-0.39, 0.29) is 17.9 Å². The number of aromatic nitrogens is 1. The number of nitrogens with one attached hydrogen (secondary N) is 2. The van der Waals surface area contributed by atoms with E-state index in [9.17, 15) is 9.59 Å². The van der Waals surface area contributed by atoms with Gasteiger partial charge in [-0.25, -0.2) is 4.98 Å². The molecule has 182 valence electrons. The summed E-state index contributed by atoms with van der Waals surface area (Å²) in [6, 6.07) is 19.5. The molecule has 8 nitrogen and oxygen atoms in total. The van der Waals surface area contributed by atoms with Crippen molar-refractivity contribution in [1.82, 2.24) is 14.8 Å². The van der Waals surface area contributed by atoms with Crippen LogP contribution in [-0.2, 0) is 9.53 Å². The Hall–Kier alpha value is -3.49. The largest absolute Gasteiger partial charge is 0.378 e. The fourth-order valence-electron chi connectivity index (χ4n) is 4.73. The highest BCUT2D eigenvalue weighted by atomic mass is 16.5. The molecule has 0 atom stereocenters. The Morgan fingerprint density at radius 2 is 1.66 bits per heavy atom. The van der Waals surface area contributed by atoms with Crippen molar-refractivity contribution >= 4 is 34.2 Å². The van der Waals surface area contributed by atoms with Gasteiger partial charge in [0.25, 0.3) is 5.91 Å². The summed E-state index contributed by atoms with van der Waals surface area (Å²) in [5, 5.41) is 7.37. The number of nitrogens with zero attached hydrogens (tertiary/aromatic N) is 3. The van der Waals surface area contributed by atoms with Crippen molar-refractivity contribution in [3.63, 3.8) is 0 Å². The molecule has 2 aliphatic rings. The number of hydrogen-bond acceptors (Lipinski definition) is 6. The van der Waals surface area contributed by atoms with Crippen LogP contribution in [0, 0.1) is 0 Å². The van der Waals surface area contributed by atoms with Crippen LogP contribution in [0.4, 0.5) is 11.5 Å². The summed E-state index contributed by atoms with van der Waals surface area (Å²) in [6.07, 6.45) is 1.81. The maximum absolute atomic E-state index is 13.3. The second-order valence-electron chi connectivity index (χ2n) is 9.09. The van der Waals surface area contributed by atoms with E-state index in [1.165, 1.54) is 0 Å². The van der Waals surface area contributed by atoms with Gasteiger partial charge in [-0.2, -0.15) is 0 Å². The van der Waals surface area contributed by atoms with Crippen LogP contribution in [0.2, 0.25) is 0 Å². The molecule has 3 aromatic rings. The molecule has 0 saturated carbocycles. The molecule has 5 rings (SSSR count). The zero-order valence-electron chi connectivity index (χ0n) is 19.8. The van der Waals surface area contributed by atoms with Crippen LogP contribution in [0.25, 0.3) is 10.9 Å². The minimum absolute atomic E-state index is 0.00470. The molecule has 2 aliphatic heterocycles. The van der Waals surface area contributed by atoms with E-state index in [2.05, 4.69) is 15.5 Å². The summed E-state index contributed by atoms with van der Waals surface area (Å²) in [6.45, 7) is 4.39. The number of pyridine rings is 1. The molecule has 35 heavy (non-hydrogen) atoms. The average Bonchev–Trinajstić information content (AvgIpc) is 2.90. The van der Waals surface area contributed by atoms with Crippen LogP contribution in [0.5, 0.6) is 0 Å². The predicted octanol–water partition coefficient (Wildman–Crippen LogP) is 3.22. The van der Waals surface area contributed by atoms with E-state index in [1.807, 2.05) is 65.6 Å². The molecule has 2 saturated heterocycles. The van der Waals surface area contributed by atoms with E-state index in [0.29, 0.717) is 38.4 Å². The molecule has 8 heteroatoms. The smallest absolute Gasteiger partial charge is 0.254 e. The lowest BCUT2D eigenvalue weighted by Gasteiger charge is -2.32. The van der Waals surface area contributed by atoms with Crippen LogP contribution < -0.4 is 10.6 Å². The first kappa shape index (κ1) is 23.3. The highest BCUT2D eigenvalue weighted by molar-refractivity contribution is 6.07. The van der Waals surface area contributed by atoms with Gasteiger partial charge in [0.1, 0.15) is 5.82 Å². The number of amides is 2. The molecule has 2 aromatic carbocycles. The number of morpholine rings is 1. The number of carbonyl (C=O) groups excluding carboxylic acids is 2. The Morgan fingerprint density at radius 3 is 2.43 bits per heavy atom. The third-order valence-corrected chi connectivity index (χ3v) is 6.61. The Morgan fingerprint density at radius 1 is 0.943 bits per heavy atom. The van der Waals surface area contributed by atoms with Gasteiger partial charge in [-0.3, -0.25) is 14.5 Å². The van der Waals surface area contributed by atoms with Gasteiger partial charge in [0.2, 0.25) is 5.91 Å². The SMILES string of the molecule is O=C(CN1CCC(Nc2cc(C(=O)N3CCOCC3)c3ccccc3n2)CC1)Nc1ccccc1. The summed E-state index contributed by atoms with van der Waals surface area (Å²) in [5.74, 6) is 0.750. The first-order valence-electron chi connectivity index (χ1n) is 12.3. The standard InChI is InChI=1S/C27H31N5O3/c33-26(29-20-6-2-1-3-7-20)19-31-12-10-21(11-13-31)28-25-18-23(22-8-4-5-9-24(22)30-25)27(34)32-14-16-35-17-15-32/h1-9,18,21H,10-17,19H2,(H,28,30)(H,29,33). The third-order valence-electron chi connectivity index (χ3n) is 6.61. The molecule has 2 fully saturated rings. The van der Waals surface area contributed by atoms with Crippen LogP contribution in [0.1, 0.15) is 23.2 Å². The summed E-state index contributed by atoms with van der Waals surface area (Å²) >= 11 is 0. The number of para-hydroxylation sites is 2. The molecular formula is C27H31N5O3. The first-order valence-corrected chi connectivity index (χ1v) is 12.3. The summed E-state index contributed by atoms with van der Waals surface area (Å²) in [4.78, 5) is 34.5. The molecule has 3 heterocycles. The van der Waals surface area contributed by atoms with E-state index in [4.69, 9.17) is 9.72 Å². The van der Waals surface area contributed by atoms with Crippen molar-refractivity contribution in [3.05, 3.63) is 66.2 Å². The second-order valence-corrected chi connectivity index (χ2v) is 9.09. The molecule has 1 aromatic heterocycles. The van der Waals surface area contributed by atoms with Crippen LogP contribution >= 0.6 is 0 Å². The molecule has 0 unspecified atom stereocenters. The lowest BCUT2D eigenvalue weighted by atomic mass is 10.0. The Bertz CT molecular complexity index is 1170. The Balaban J connectivity index is 1.21. The average molecular weight is 474 g/mol. The summed E-state index contributed by atoms with van der Waals surface area (Å²) in [5.41, 5.74) is 2.30. The first-order chi connectivity index (χ1) is 17.2. The topological polar surface area (TPSA) is 86.8 Å². The van der Waals surface area contributed by atoms with E-state index in [0.717, 1.165) is 48.3 Å². The van der Waals surface area contributed by atoms with E-state index in [1.54, 1.807) is 0 Å². The quantitative estimate of drug-likeness (QED) is 0.572. The van der Waals surface area contributed by atoms with Crippen LogP contribution in [0.15, 0.2) is 60.7 Å². The van der Waals surface area contributed by atoms with Gasteiger partial charge in [-0.05, 0) is 37.1 Å². The number of hydrogen-bond donors (Lipinski definition) is 2. The lowest BCUT2D eigenvalue weighted by Crippen LogP contribution is -2.43.